The monoisotopic (exact) mass is 221 g/mol. The van der Waals surface area contributed by atoms with Crippen molar-refractivity contribution in [2.24, 2.45) is 5.92 Å². The number of ether oxygens (including phenoxy) is 1. The maximum atomic E-state index is 5.91. The Labute approximate surface area is 99.0 Å². The first-order chi connectivity index (χ1) is 7.63. The Morgan fingerprint density at radius 1 is 1.19 bits per heavy atom. The molecule has 0 radical (unpaired) electrons. The molecule has 0 spiro atoms. The van der Waals surface area contributed by atoms with E-state index in [4.69, 9.17) is 4.74 Å². The van der Waals surface area contributed by atoms with Crippen LogP contribution in [0.2, 0.25) is 0 Å². The van der Waals surface area contributed by atoms with Crippen molar-refractivity contribution in [2.45, 2.75) is 26.9 Å². The van der Waals surface area contributed by atoms with Gasteiger partial charge in [-0.15, -0.1) is 0 Å². The van der Waals surface area contributed by atoms with Gasteiger partial charge in [0, 0.05) is 13.2 Å². The van der Waals surface area contributed by atoms with Gasteiger partial charge in [-0.3, -0.25) is 0 Å². The summed E-state index contributed by atoms with van der Waals surface area (Å²) >= 11 is 0. The highest BCUT2D eigenvalue weighted by molar-refractivity contribution is 5.23. The van der Waals surface area contributed by atoms with Gasteiger partial charge in [0.05, 0.1) is 6.10 Å². The van der Waals surface area contributed by atoms with Gasteiger partial charge < -0.3 is 10.1 Å². The van der Waals surface area contributed by atoms with E-state index in [9.17, 15) is 0 Å². The van der Waals surface area contributed by atoms with Crippen LogP contribution in [0.1, 0.15) is 31.1 Å². The first-order valence-electron chi connectivity index (χ1n) is 5.96. The number of likely N-dealkylation sites (N-methyl/N-ethyl adjacent to an activating group) is 1. The fourth-order valence-corrected chi connectivity index (χ4v) is 1.55. The molecule has 0 fully saturated rings. The third-order valence-corrected chi connectivity index (χ3v) is 2.47. The van der Waals surface area contributed by atoms with Crippen LogP contribution in [0.3, 0.4) is 0 Å². The van der Waals surface area contributed by atoms with E-state index in [1.54, 1.807) is 0 Å². The molecule has 1 atom stereocenters. The molecule has 0 aliphatic rings. The Balaban J connectivity index is 2.64. The van der Waals surface area contributed by atoms with Crippen LogP contribution in [0, 0.1) is 12.8 Å². The van der Waals surface area contributed by atoms with Crippen LogP contribution in [-0.4, -0.2) is 20.2 Å². The quantitative estimate of drug-likeness (QED) is 0.797. The molecule has 1 N–H and O–H groups in total. The standard InChI is InChI=1S/C14H23NO/c1-11(2)10-16-14(9-15-4)13-7-5-12(3)6-8-13/h5-8,11,14-15H,9-10H2,1-4H3. The van der Waals surface area contributed by atoms with Crippen LogP contribution in [-0.2, 0) is 4.74 Å². The van der Waals surface area contributed by atoms with Gasteiger partial charge in [-0.05, 0) is 25.5 Å². The van der Waals surface area contributed by atoms with Crippen LogP contribution in [0.25, 0.3) is 0 Å². The van der Waals surface area contributed by atoms with Gasteiger partial charge in [-0.2, -0.15) is 0 Å². The molecule has 0 heterocycles. The predicted molar refractivity (Wildman–Crippen MR) is 68.6 cm³/mol. The van der Waals surface area contributed by atoms with Gasteiger partial charge in [-0.25, -0.2) is 0 Å². The maximum absolute atomic E-state index is 5.91. The molecule has 0 aliphatic heterocycles. The zero-order valence-electron chi connectivity index (χ0n) is 10.8. The molecule has 2 heteroatoms. The SMILES string of the molecule is CNCC(OCC(C)C)c1ccc(C)cc1. The van der Waals surface area contributed by atoms with Crippen LogP contribution in [0.15, 0.2) is 24.3 Å². The molecule has 0 bridgehead atoms. The van der Waals surface area contributed by atoms with Gasteiger partial charge in [0.2, 0.25) is 0 Å². The lowest BCUT2D eigenvalue weighted by molar-refractivity contribution is 0.0363. The number of aryl methyl sites for hydroxylation is 1. The zero-order chi connectivity index (χ0) is 12.0. The lowest BCUT2D eigenvalue weighted by Gasteiger charge is -2.19. The Hall–Kier alpha value is -0.860. The summed E-state index contributed by atoms with van der Waals surface area (Å²) in [7, 11) is 1.96. The van der Waals surface area contributed by atoms with Crippen molar-refractivity contribution in [3.05, 3.63) is 35.4 Å². The Bertz CT molecular complexity index is 292. The fraction of sp³-hybridized carbons (Fsp3) is 0.571. The Morgan fingerprint density at radius 3 is 2.31 bits per heavy atom. The molecular formula is C14H23NO. The normalized spacial score (nSPS) is 13.1. The van der Waals surface area contributed by atoms with Gasteiger partial charge in [0.1, 0.15) is 0 Å². The molecular weight excluding hydrogens is 198 g/mol. The summed E-state index contributed by atoms with van der Waals surface area (Å²) in [5.74, 6) is 0.574. The average molecular weight is 221 g/mol. The van der Waals surface area contributed by atoms with E-state index in [1.165, 1.54) is 11.1 Å². The van der Waals surface area contributed by atoms with Crippen molar-refractivity contribution in [1.29, 1.82) is 0 Å². The minimum Gasteiger partial charge on any atom is -0.372 e. The minimum absolute atomic E-state index is 0.160. The van der Waals surface area contributed by atoms with Crippen LogP contribution in [0.5, 0.6) is 0 Å². The van der Waals surface area contributed by atoms with Crippen molar-refractivity contribution in [3.63, 3.8) is 0 Å². The Kier molecular flexibility index (Phi) is 5.50. The molecule has 0 aromatic heterocycles. The zero-order valence-corrected chi connectivity index (χ0v) is 10.8. The largest absolute Gasteiger partial charge is 0.372 e. The second-order valence-electron chi connectivity index (χ2n) is 4.68. The summed E-state index contributed by atoms with van der Waals surface area (Å²) in [5, 5.41) is 3.18. The van der Waals surface area contributed by atoms with Gasteiger partial charge in [0.25, 0.3) is 0 Å². The topological polar surface area (TPSA) is 21.3 Å². The summed E-state index contributed by atoms with van der Waals surface area (Å²) in [5.41, 5.74) is 2.54. The summed E-state index contributed by atoms with van der Waals surface area (Å²) in [6, 6.07) is 8.57. The summed E-state index contributed by atoms with van der Waals surface area (Å²) in [4.78, 5) is 0. The summed E-state index contributed by atoms with van der Waals surface area (Å²) < 4.78 is 5.91. The van der Waals surface area contributed by atoms with Crippen molar-refractivity contribution < 1.29 is 4.74 Å². The summed E-state index contributed by atoms with van der Waals surface area (Å²) in [6.07, 6.45) is 0.160. The highest BCUT2D eigenvalue weighted by atomic mass is 16.5. The van der Waals surface area contributed by atoms with Crippen molar-refractivity contribution in [1.82, 2.24) is 5.32 Å². The lowest BCUT2D eigenvalue weighted by Crippen LogP contribution is -2.21. The Morgan fingerprint density at radius 2 is 1.81 bits per heavy atom. The highest BCUT2D eigenvalue weighted by Gasteiger charge is 2.11. The molecule has 0 aliphatic carbocycles. The van der Waals surface area contributed by atoms with Crippen molar-refractivity contribution in [3.8, 4) is 0 Å². The van der Waals surface area contributed by atoms with Crippen LogP contribution < -0.4 is 5.32 Å². The van der Waals surface area contributed by atoms with Gasteiger partial charge >= 0.3 is 0 Å². The molecule has 16 heavy (non-hydrogen) atoms. The lowest BCUT2D eigenvalue weighted by atomic mass is 10.1. The number of nitrogens with one attached hydrogen (secondary N) is 1. The van der Waals surface area contributed by atoms with Gasteiger partial charge in [0.15, 0.2) is 0 Å². The molecule has 0 saturated heterocycles. The molecule has 1 aromatic carbocycles. The fourth-order valence-electron chi connectivity index (χ4n) is 1.55. The van der Waals surface area contributed by atoms with E-state index in [2.05, 4.69) is 50.4 Å². The average Bonchev–Trinajstić information content (AvgIpc) is 2.25. The minimum atomic E-state index is 0.160. The number of benzene rings is 1. The molecule has 1 rings (SSSR count). The second kappa shape index (κ2) is 6.66. The van der Waals surface area contributed by atoms with E-state index >= 15 is 0 Å². The molecule has 0 saturated carbocycles. The second-order valence-corrected chi connectivity index (χ2v) is 4.68. The molecule has 2 nitrogen and oxygen atoms in total. The smallest absolute Gasteiger partial charge is 0.0949 e. The molecule has 0 amide bonds. The molecule has 90 valence electrons. The summed E-state index contributed by atoms with van der Waals surface area (Å²) in [6.45, 7) is 8.11. The number of hydrogen-bond donors (Lipinski definition) is 1. The van der Waals surface area contributed by atoms with E-state index < -0.39 is 0 Å². The third kappa shape index (κ3) is 4.33. The van der Waals surface area contributed by atoms with Gasteiger partial charge in [-0.1, -0.05) is 43.7 Å². The number of rotatable bonds is 6. The third-order valence-electron chi connectivity index (χ3n) is 2.47. The first-order valence-corrected chi connectivity index (χ1v) is 5.96. The van der Waals surface area contributed by atoms with E-state index in [0.29, 0.717) is 5.92 Å². The highest BCUT2D eigenvalue weighted by Crippen LogP contribution is 2.18. The van der Waals surface area contributed by atoms with E-state index in [1.807, 2.05) is 7.05 Å². The van der Waals surface area contributed by atoms with E-state index in [-0.39, 0.29) is 6.10 Å². The van der Waals surface area contributed by atoms with Crippen LogP contribution >= 0.6 is 0 Å². The first kappa shape index (κ1) is 13.2. The van der Waals surface area contributed by atoms with Crippen molar-refractivity contribution >= 4 is 0 Å². The van der Waals surface area contributed by atoms with Crippen LogP contribution in [0.4, 0.5) is 0 Å². The molecule has 1 aromatic rings. The van der Waals surface area contributed by atoms with Crippen molar-refractivity contribution in [2.75, 3.05) is 20.2 Å². The maximum Gasteiger partial charge on any atom is 0.0949 e. The molecule has 1 unspecified atom stereocenters. The van der Waals surface area contributed by atoms with E-state index in [0.717, 1.165) is 13.2 Å². The predicted octanol–water partition coefficient (Wildman–Crippen LogP) is 2.93. The number of hydrogen-bond acceptors (Lipinski definition) is 2.